The molecule has 1 aromatic carbocycles. The molecule has 4 nitrogen and oxygen atoms in total. The Morgan fingerprint density at radius 3 is 2.06 bits per heavy atom. The van der Waals surface area contributed by atoms with E-state index in [0.717, 1.165) is 18.8 Å². The third-order valence-corrected chi connectivity index (χ3v) is 3.72. The number of rotatable bonds is 2. The van der Waals surface area contributed by atoms with Crippen molar-refractivity contribution in [2.45, 2.75) is 24.2 Å². The van der Waals surface area contributed by atoms with Gasteiger partial charge in [-0.2, -0.15) is 8.42 Å². The zero-order valence-corrected chi connectivity index (χ0v) is 9.78. The molecule has 0 saturated carbocycles. The highest BCUT2D eigenvalue weighted by atomic mass is 32.2. The van der Waals surface area contributed by atoms with Crippen molar-refractivity contribution in [2.75, 3.05) is 18.0 Å². The summed E-state index contributed by atoms with van der Waals surface area (Å²) in [4.78, 5) is 2.19. The lowest BCUT2D eigenvalue weighted by atomic mass is 10.1. The molecule has 0 atom stereocenters. The molecule has 5 heteroatoms. The van der Waals surface area contributed by atoms with Crippen molar-refractivity contribution in [1.29, 1.82) is 0 Å². The summed E-state index contributed by atoms with van der Waals surface area (Å²) in [7, 11) is -4.07. The quantitative estimate of drug-likeness (QED) is 0.804. The van der Waals surface area contributed by atoms with Gasteiger partial charge in [-0.3, -0.25) is 4.55 Å². The third-order valence-electron chi connectivity index (χ3n) is 2.86. The van der Waals surface area contributed by atoms with Gasteiger partial charge in [-0.15, -0.1) is 0 Å². The molecule has 1 aliphatic heterocycles. The van der Waals surface area contributed by atoms with Crippen molar-refractivity contribution in [1.82, 2.24) is 0 Å². The first-order valence-corrected chi connectivity index (χ1v) is 6.84. The summed E-state index contributed by atoms with van der Waals surface area (Å²) < 4.78 is 30.6. The number of hydrogen-bond acceptors (Lipinski definition) is 3. The van der Waals surface area contributed by atoms with Crippen molar-refractivity contribution in [3.05, 3.63) is 24.3 Å². The zero-order valence-electron chi connectivity index (χ0n) is 8.96. The molecule has 16 heavy (non-hydrogen) atoms. The lowest BCUT2D eigenvalue weighted by Crippen LogP contribution is -2.29. The molecular weight excluding hydrogens is 226 g/mol. The zero-order chi connectivity index (χ0) is 11.6. The molecule has 0 bridgehead atoms. The second kappa shape index (κ2) is 4.43. The Morgan fingerprint density at radius 1 is 1.00 bits per heavy atom. The molecule has 1 aliphatic rings. The van der Waals surface area contributed by atoms with Crippen LogP contribution in [0.2, 0.25) is 0 Å². The van der Waals surface area contributed by atoms with E-state index in [1.807, 2.05) is 0 Å². The molecule has 0 aliphatic carbocycles. The predicted octanol–water partition coefficient (Wildman–Crippen LogP) is 1.92. The number of nitrogens with zero attached hydrogens (tertiary/aromatic N) is 1. The number of piperidine rings is 1. The van der Waals surface area contributed by atoms with Gasteiger partial charge in [0.05, 0.1) is 4.90 Å². The monoisotopic (exact) mass is 241 g/mol. The van der Waals surface area contributed by atoms with Crippen LogP contribution in [0.4, 0.5) is 5.69 Å². The number of anilines is 1. The summed E-state index contributed by atoms with van der Waals surface area (Å²) >= 11 is 0. The first-order chi connectivity index (χ1) is 7.57. The summed E-state index contributed by atoms with van der Waals surface area (Å²) in [5.74, 6) is 0. The van der Waals surface area contributed by atoms with E-state index in [9.17, 15) is 8.42 Å². The van der Waals surface area contributed by atoms with Crippen LogP contribution in [0.15, 0.2) is 29.2 Å². The minimum Gasteiger partial charge on any atom is -0.372 e. The second-order valence-corrected chi connectivity index (χ2v) is 5.44. The van der Waals surface area contributed by atoms with E-state index < -0.39 is 10.1 Å². The average molecular weight is 241 g/mol. The molecule has 88 valence electrons. The van der Waals surface area contributed by atoms with Gasteiger partial charge < -0.3 is 4.90 Å². The first kappa shape index (κ1) is 11.4. The topological polar surface area (TPSA) is 57.6 Å². The maximum absolute atomic E-state index is 10.9. The summed E-state index contributed by atoms with van der Waals surface area (Å²) in [5.41, 5.74) is 1.02. The molecule has 0 amide bonds. The maximum Gasteiger partial charge on any atom is 0.294 e. The highest BCUT2D eigenvalue weighted by molar-refractivity contribution is 7.85. The summed E-state index contributed by atoms with van der Waals surface area (Å²) in [6.45, 7) is 2.04. The highest BCUT2D eigenvalue weighted by Gasteiger charge is 2.13. The average Bonchev–Trinajstić information content (AvgIpc) is 2.29. The molecular formula is C11H15NO3S. The van der Waals surface area contributed by atoms with Crippen molar-refractivity contribution >= 4 is 15.8 Å². The van der Waals surface area contributed by atoms with Crippen LogP contribution >= 0.6 is 0 Å². The normalized spacial score (nSPS) is 17.4. The van der Waals surface area contributed by atoms with E-state index in [4.69, 9.17) is 4.55 Å². The molecule has 0 radical (unpaired) electrons. The van der Waals surface area contributed by atoms with E-state index in [-0.39, 0.29) is 4.90 Å². The highest BCUT2D eigenvalue weighted by Crippen LogP contribution is 2.21. The molecule has 1 heterocycles. The van der Waals surface area contributed by atoms with Crippen LogP contribution in [-0.4, -0.2) is 26.1 Å². The van der Waals surface area contributed by atoms with E-state index in [0.29, 0.717) is 0 Å². The number of benzene rings is 1. The fourth-order valence-corrected chi connectivity index (χ4v) is 2.46. The minimum absolute atomic E-state index is 0.0479. The Hall–Kier alpha value is -1.07. The van der Waals surface area contributed by atoms with Gasteiger partial charge in [0.25, 0.3) is 10.1 Å². The molecule has 0 spiro atoms. The van der Waals surface area contributed by atoms with E-state index in [1.165, 1.54) is 31.4 Å². The van der Waals surface area contributed by atoms with Gasteiger partial charge in [-0.25, -0.2) is 0 Å². The first-order valence-electron chi connectivity index (χ1n) is 5.40. The predicted molar refractivity (Wildman–Crippen MR) is 62.3 cm³/mol. The molecule has 1 fully saturated rings. The van der Waals surface area contributed by atoms with Gasteiger partial charge in [-0.05, 0) is 43.5 Å². The van der Waals surface area contributed by atoms with Gasteiger partial charge >= 0.3 is 0 Å². The van der Waals surface area contributed by atoms with E-state index in [1.54, 1.807) is 12.1 Å². The number of hydrogen-bond donors (Lipinski definition) is 1. The lowest BCUT2D eigenvalue weighted by Gasteiger charge is -2.28. The molecule has 1 saturated heterocycles. The van der Waals surface area contributed by atoms with Crippen LogP contribution < -0.4 is 4.90 Å². The van der Waals surface area contributed by atoms with Crippen molar-refractivity contribution in [3.8, 4) is 0 Å². The Kier molecular flexibility index (Phi) is 3.16. The Bertz CT molecular complexity index is 447. The van der Waals surface area contributed by atoms with Crippen LogP contribution in [0.1, 0.15) is 19.3 Å². The van der Waals surface area contributed by atoms with E-state index in [2.05, 4.69) is 4.90 Å². The van der Waals surface area contributed by atoms with Gasteiger partial charge in [0.15, 0.2) is 0 Å². The van der Waals surface area contributed by atoms with Gasteiger partial charge in [-0.1, -0.05) is 0 Å². The Morgan fingerprint density at radius 2 is 1.56 bits per heavy atom. The Balaban J connectivity index is 2.18. The molecule has 1 aromatic rings. The van der Waals surface area contributed by atoms with Crippen molar-refractivity contribution in [2.24, 2.45) is 0 Å². The molecule has 2 rings (SSSR count). The summed E-state index contributed by atoms with van der Waals surface area (Å²) in [6.07, 6.45) is 3.62. The lowest BCUT2D eigenvalue weighted by molar-refractivity contribution is 0.483. The van der Waals surface area contributed by atoms with Crippen LogP contribution in [0.25, 0.3) is 0 Å². The largest absolute Gasteiger partial charge is 0.372 e. The fraction of sp³-hybridized carbons (Fsp3) is 0.455. The van der Waals surface area contributed by atoms with E-state index >= 15 is 0 Å². The molecule has 0 aromatic heterocycles. The summed E-state index contributed by atoms with van der Waals surface area (Å²) in [6, 6.07) is 6.38. The van der Waals surface area contributed by atoms with Crippen molar-refractivity contribution < 1.29 is 13.0 Å². The molecule has 1 N–H and O–H groups in total. The minimum atomic E-state index is -4.07. The fourth-order valence-electron chi connectivity index (χ4n) is 1.98. The van der Waals surface area contributed by atoms with Crippen molar-refractivity contribution in [3.63, 3.8) is 0 Å². The van der Waals surface area contributed by atoms with Crippen LogP contribution in [0, 0.1) is 0 Å². The Labute approximate surface area is 95.6 Å². The third kappa shape index (κ3) is 2.54. The van der Waals surface area contributed by atoms with Gasteiger partial charge in [0.1, 0.15) is 0 Å². The SMILES string of the molecule is O=S(=O)(O)c1ccc(N2CCCCC2)cc1. The van der Waals surface area contributed by atoms with Crippen LogP contribution in [0.3, 0.4) is 0 Å². The van der Waals surface area contributed by atoms with Gasteiger partial charge in [0, 0.05) is 18.8 Å². The van der Waals surface area contributed by atoms with Crippen LogP contribution in [0.5, 0.6) is 0 Å². The standard InChI is InChI=1S/C11H15NO3S/c13-16(14,15)11-6-4-10(5-7-11)12-8-2-1-3-9-12/h4-7H,1-3,8-9H2,(H,13,14,15). The second-order valence-electron chi connectivity index (χ2n) is 4.02. The summed E-state index contributed by atoms with van der Waals surface area (Å²) in [5, 5.41) is 0. The van der Waals surface area contributed by atoms with Gasteiger partial charge in [0.2, 0.25) is 0 Å². The smallest absolute Gasteiger partial charge is 0.294 e. The van der Waals surface area contributed by atoms with Crippen LogP contribution in [-0.2, 0) is 10.1 Å². The maximum atomic E-state index is 10.9. The molecule has 0 unspecified atom stereocenters.